The summed E-state index contributed by atoms with van der Waals surface area (Å²) in [7, 11) is 0. The number of phenolic OH excluding ortho intramolecular Hbond substituents is 1. The van der Waals surface area contributed by atoms with Crippen LogP contribution in [0.1, 0.15) is 31.7 Å². The first-order chi connectivity index (χ1) is 13.0. The Kier molecular flexibility index (Phi) is 6.76. The second kappa shape index (κ2) is 9.06. The van der Waals surface area contributed by atoms with Gasteiger partial charge in [0.2, 0.25) is 0 Å². The van der Waals surface area contributed by atoms with Crippen molar-refractivity contribution in [2.24, 2.45) is 4.99 Å². The van der Waals surface area contributed by atoms with Gasteiger partial charge in [-0.15, -0.1) is 0 Å². The third-order valence-electron chi connectivity index (χ3n) is 4.46. The third-order valence-corrected chi connectivity index (χ3v) is 6.47. The van der Waals surface area contributed by atoms with Crippen LogP contribution in [-0.2, 0) is 0 Å². The van der Waals surface area contributed by atoms with Crippen molar-refractivity contribution in [2.75, 3.05) is 24.6 Å². The van der Waals surface area contributed by atoms with E-state index in [2.05, 4.69) is 41.8 Å². The minimum Gasteiger partial charge on any atom is -0.504 e. The maximum Gasteiger partial charge on any atom is 0.167 e. The van der Waals surface area contributed by atoms with Crippen LogP contribution in [0.3, 0.4) is 0 Å². The smallest absolute Gasteiger partial charge is 0.167 e. The Hall–Kier alpha value is -1.60. The van der Waals surface area contributed by atoms with E-state index in [1.165, 1.54) is 18.7 Å². The number of hydrogen-bond acceptors (Lipinski definition) is 4. The highest BCUT2D eigenvalue weighted by Gasteiger charge is 2.16. The summed E-state index contributed by atoms with van der Waals surface area (Å²) in [5.41, 5.74) is 1.57. The Bertz CT molecular complexity index is 852. The van der Waals surface area contributed by atoms with Crippen molar-refractivity contribution in [1.29, 1.82) is 0 Å². The fraction of sp³-hybridized carbons (Fsp3) is 0.350. The van der Waals surface area contributed by atoms with Crippen molar-refractivity contribution in [3.8, 4) is 11.5 Å². The molecule has 1 aliphatic heterocycles. The van der Waals surface area contributed by atoms with E-state index >= 15 is 0 Å². The molecule has 1 fully saturated rings. The van der Waals surface area contributed by atoms with Crippen molar-refractivity contribution in [3.63, 3.8) is 0 Å². The van der Waals surface area contributed by atoms with Crippen LogP contribution in [0.25, 0.3) is 0 Å². The van der Waals surface area contributed by atoms with Crippen molar-refractivity contribution in [2.45, 2.75) is 26.2 Å². The van der Waals surface area contributed by atoms with Gasteiger partial charge in [0.1, 0.15) is 5.82 Å². The van der Waals surface area contributed by atoms with Crippen molar-refractivity contribution >= 4 is 49.4 Å². The zero-order chi connectivity index (χ0) is 19.4. The molecule has 0 amide bonds. The Morgan fingerprint density at radius 2 is 1.96 bits per heavy atom. The van der Waals surface area contributed by atoms with Gasteiger partial charge < -0.3 is 14.7 Å². The monoisotopic (exact) mass is 498 g/mol. The minimum absolute atomic E-state index is 0.0129. The van der Waals surface area contributed by atoms with Gasteiger partial charge in [0.25, 0.3) is 0 Å². The van der Waals surface area contributed by atoms with Crippen LogP contribution >= 0.6 is 31.9 Å². The van der Waals surface area contributed by atoms with E-state index in [1.54, 1.807) is 18.2 Å². The quantitative estimate of drug-likeness (QED) is 0.498. The number of nitrogens with zero attached hydrogens (tertiary/aromatic N) is 2. The molecule has 7 heteroatoms. The number of phenols is 1. The van der Waals surface area contributed by atoms with Gasteiger partial charge in [-0.25, -0.2) is 4.39 Å². The summed E-state index contributed by atoms with van der Waals surface area (Å²) in [6.45, 7) is 4.05. The van der Waals surface area contributed by atoms with Gasteiger partial charge in [-0.2, -0.15) is 0 Å². The molecule has 1 saturated heterocycles. The van der Waals surface area contributed by atoms with Gasteiger partial charge in [0.15, 0.2) is 11.5 Å². The first-order valence-corrected chi connectivity index (χ1v) is 10.5. The molecule has 27 heavy (non-hydrogen) atoms. The summed E-state index contributed by atoms with van der Waals surface area (Å²) in [6.07, 6.45) is 4.90. The second-order valence-corrected chi connectivity index (χ2v) is 7.95. The van der Waals surface area contributed by atoms with Crippen LogP contribution in [0, 0.1) is 5.82 Å². The molecule has 1 heterocycles. The highest BCUT2D eigenvalue weighted by atomic mass is 79.9. The number of aromatic hydroxyl groups is 1. The number of halogens is 3. The summed E-state index contributed by atoms with van der Waals surface area (Å²) >= 11 is 6.86. The summed E-state index contributed by atoms with van der Waals surface area (Å²) in [5.74, 6) is 0.0702. The number of aliphatic imine (C=N–C) groups is 1. The SMILES string of the molecule is CCOc1cc(Br)c(Br)c(C=Nc2ccc(N3CCCCC3)c(F)c2)c1O. The zero-order valence-electron chi connectivity index (χ0n) is 15.0. The average Bonchev–Trinajstić information content (AvgIpc) is 2.67. The first kappa shape index (κ1) is 20.1. The van der Waals surface area contributed by atoms with Gasteiger partial charge in [0, 0.05) is 34.3 Å². The molecule has 4 nitrogen and oxygen atoms in total. The molecule has 1 aliphatic rings. The highest BCUT2D eigenvalue weighted by Crippen LogP contribution is 2.40. The molecule has 0 bridgehead atoms. The first-order valence-electron chi connectivity index (χ1n) is 8.93. The predicted molar refractivity (Wildman–Crippen MR) is 114 cm³/mol. The van der Waals surface area contributed by atoms with Crippen LogP contribution in [0.2, 0.25) is 0 Å². The van der Waals surface area contributed by atoms with E-state index in [9.17, 15) is 9.50 Å². The van der Waals surface area contributed by atoms with Gasteiger partial charge in [-0.05, 0) is 76.2 Å². The van der Waals surface area contributed by atoms with Gasteiger partial charge >= 0.3 is 0 Å². The van der Waals surface area contributed by atoms with Crippen LogP contribution in [0.5, 0.6) is 11.5 Å². The van der Waals surface area contributed by atoms with Crippen molar-refractivity contribution in [3.05, 3.63) is 44.6 Å². The molecule has 0 unspecified atom stereocenters. The molecule has 1 N–H and O–H groups in total. The summed E-state index contributed by atoms with van der Waals surface area (Å²) in [5, 5.41) is 10.4. The van der Waals surface area contributed by atoms with Crippen LogP contribution in [-0.4, -0.2) is 31.0 Å². The topological polar surface area (TPSA) is 45.1 Å². The lowest BCUT2D eigenvalue weighted by molar-refractivity contribution is 0.317. The molecule has 0 radical (unpaired) electrons. The van der Waals surface area contributed by atoms with E-state index in [-0.39, 0.29) is 11.6 Å². The molecule has 0 aliphatic carbocycles. The Morgan fingerprint density at radius 3 is 2.63 bits per heavy atom. The maximum absolute atomic E-state index is 14.5. The summed E-state index contributed by atoms with van der Waals surface area (Å²) in [4.78, 5) is 6.42. The van der Waals surface area contributed by atoms with Gasteiger partial charge in [0.05, 0.1) is 23.5 Å². The van der Waals surface area contributed by atoms with E-state index in [1.807, 2.05) is 6.92 Å². The number of benzene rings is 2. The molecule has 3 rings (SSSR count). The molecule has 0 atom stereocenters. The van der Waals surface area contributed by atoms with Crippen LogP contribution in [0.4, 0.5) is 15.8 Å². The molecular formula is C20H21Br2FN2O2. The van der Waals surface area contributed by atoms with E-state index in [0.29, 0.717) is 33.8 Å². The molecule has 2 aromatic carbocycles. The number of anilines is 1. The molecule has 0 saturated carbocycles. The third kappa shape index (κ3) is 4.63. The number of ether oxygens (including phenoxy) is 1. The van der Waals surface area contributed by atoms with Crippen LogP contribution in [0.15, 0.2) is 38.2 Å². The maximum atomic E-state index is 14.5. The Labute approximate surface area is 175 Å². The summed E-state index contributed by atoms with van der Waals surface area (Å²) < 4.78 is 21.4. The molecule has 0 aromatic heterocycles. The predicted octanol–water partition coefficient (Wildman–Crippen LogP) is 6.20. The number of piperidine rings is 1. The molecule has 144 valence electrons. The average molecular weight is 500 g/mol. The number of rotatable bonds is 5. The Morgan fingerprint density at radius 1 is 1.22 bits per heavy atom. The largest absolute Gasteiger partial charge is 0.504 e. The highest BCUT2D eigenvalue weighted by molar-refractivity contribution is 9.13. The zero-order valence-corrected chi connectivity index (χ0v) is 18.2. The lowest BCUT2D eigenvalue weighted by atomic mass is 10.1. The Balaban J connectivity index is 1.87. The number of hydrogen-bond donors (Lipinski definition) is 1. The molecule has 2 aromatic rings. The van der Waals surface area contributed by atoms with E-state index in [4.69, 9.17) is 4.74 Å². The lowest BCUT2D eigenvalue weighted by Crippen LogP contribution is -2.30. The second-order valence-electron chi connectivity index (χ2n) is 6.31. The summed E-state index contributed by atoms with van der Waals surface area (Å²) in [6, 6.07) is 6.67. The fourth-order valence-electron chi connectivity index (χ4n) is 3.10. The van der Waals surface area contributed by atoms with E-state index < -0.39 is 0 Å². The molecule has 0 spiro atoms. The van der Waals surface area contributed by atoms with Crippen molar-refractivity contribution in [1.82, 2.24) is 0 Å². The molecular weight excluding hydrogens is 479 g/mol. The van der Waals surface area contributed by atoms with Gasteiger partial charge in [-0.3, -0.25) is 4.99 Å². The van der Waals surface area contributed by atoms with E-state index in [0.717, 1.165) is 30.4 Å². The van der Waals surface area contributed by atoms with Crippen LogP contribution < -0.4 is 9.64 Å². The standard InChI is InChI=1S/C20H21Br2FN2O2/c1-2-27-18-11-15(21)19(22)14(20(18)26)12-24-13-6-7-17(16(23)10-13)25-8-4-3-5-9-25/h6-7,10-12,26H,2-5,8-9H2,1H3. The fourth-order valence-corrected chi connectivity index (χ4v) is 3.93. The van der Waals surface area contributed by atoms with Crippen molar-refractivity contribution < 1.29 is 14.2 Å². The lowest BCUT2D eigenvalue weighted by Gasteiger charge is -2.29. The van der Waals surface area contributed by atoms with Gasteiger partial charge in [-0.1, -0.05) is 0 Å². The minimum atomic E-state index is -0.279. The normalized spacial score (nSPS) is 14.7.